The lowest BCUT2D eigenvalue weighted by Gasteiger charge is -2.24. The Kier molecular flexibility index (Phi) is 5.64. The first-order valence-electron chi connectivity index (χ1n) is 6.51. The Morgan fingerprint density at radius 2 is 2.05 bits per heavy atom. The summed E-state index contributed by atoms with van der Waals surface area (Å²) in [5.41, 5.74) is -0.816. The van der Waals surface area contributed by atoms with Gasteiger partial charge >= 0.3 is 5.97 Å². The Labute approximate surface area is 124 Å². The van der Waals surface area contributed by atoms with Crippen LogP contribution in [-0.4, -0.2) is 37.9 Å². The van der Waals surface area contributed by atoms with Gasteiger partial charge in [0.15, 0.2) is 5.78 Å². The van der Waals surface area contributed by atoms with Crippen LogP contribution in [0.2, 0.25) is 0 Å². The van der Waals surface area contributed by atoms with E-state index in [9.17, 15) is 14.0 Å². The highest BCUT2D eigenvalue weighted by molar-refractivity contribution is 6.09. The maximum absolute atomic E-state index is 13.3. The number of allylic oxidation sites excluding steroid dienone is 1. The van der Waals surface area contributed by atoms with Gasteiger partial charge in [0.05, 0.1) is 7.11 Å². The third kappa shape index (κ3) is 4.41. The quantitative estimate of drug-likeness (QED) is 0.458. The molecular formula is C16H20FNO3. The van der Waals surface area contributed by atoms with Crippen LogP contribution >= 0.6 is 0 Å². The van der Waals surface area contributed by atoms with Crippen molar-refractivity contribution in [1.82, 2.24) is 4.90 Å². The highest BCUT2D eigenvalue weighted by Crippen LogP contribution is 2.26. The summed E-state index contributed by atoms with van der Waals surface area (Å²) in [6.45, 7) is 1.51. The van der Waals surface area contributed by atoms with Gasteiger partial charge in [-0.2, -0.15) is 0 Å². The van der Waals surface area contributed by atoms with Crippen LogP contribution in [0.1, 0.15) is 12.5 Å². The van der Waals surface area contributed by atoms with E-state index < -0.39 is 17.2 Å². The molecule has 0 amide bonds. The number of ketones is 1. The number of benzene rings is 1. The van der Waals surface area contributed by atoms with Crippen LogP contribution in [0.25, 0.3) is 0 Å². The summed E-state index contributed by atoms with van der Waals surface area (Å²) in [4.78, 5) is 26.1. The van der Waals surface area contributed by atoms with Crippen molar-refractivity contribution >= 4 is 11.8 Å². The molecule has 1 atom stereocenters. The van der Waals surface area contributed by atoms with Gasteiger partial charge in [-0.1, -0.05) is 12.1 Å². The number of esters is 1. The smallest absolute Gasteiger partial charge is 0.319 e. The van der Waals surface area contributed by atoms with Crippen LogP contribution in [0.15, 0.2) is 36.5 Å². The van der Waals surface area contributed by atoms with E-state index in [1.165, 1.54) is 32.2 Å². The second kappa shape index (κ2) is 7.02. The summed E-state index contributed by atoms with van der Waals surface area (Å²) < 4.78 is 18.0. The Bertz CT molecular complexity index is 554. The van der Waals surface area contributed by atoms with E-state index in [0.29, 0.717) is 5.56 Å². The van der Waals surface area contributed by atoms with Crippen LogP contribution in [0, 0.1) is 11.2 Å². The van der Waals surface area contributed by atoms with Gasteiger partial charge in [-0.15, -0.1) is 0 Å². The van der Waals surface area contributed by atoms with Crippen molar-refractivity contribution in [3.05, 3.63) is 47.9 Å². The molecule has 0 heterocycles. The first-order valence-corrected chi connectivity index (χ1v) is 6.51. The zero-order valence-electron chi connectivity index (χ0n) is 12.7. The Balaban J connectivity index is 3.09. The van der Waals surface area contributed by atoms with Gasteiger partial charge in [0.25, 0.3) is 0 Å². The SMILES string of the molecule is COC(=O)[C@@](C)(Cc1cccc(F)c1)C(=O)/C=C/N(C)C. The molecule has 0 unspecified atom stereocenters. The first-order chi connectivity index (χ1) is 9.79. The van der Waals surface area contributed by atoms with Gasteiger partial charge in [-0.3, -0.25) is 9.59 Å². The van der Waals surface area contributed by atoms with Crippen molar-refractivity contribution in [2.75, 3.05) is 21.2 Å². The molecule has 0 bridgehead atoms. The number of halogens is 1. The lowest BCUT2D eigenvalue weighted by Crippen LogP contribution is -2.38. The molecule has 1 aromatic rings. The highest BCUT2D eigenvalue weighted by atomic mass is 19.1. The van der Waals surface area contributed by atoms with Crippen molar-refractivity contribution in [3.63, 3.8) is 0 Å². The van der Waals surface area contributed by atoms with E-state index in [1.807, 2.05) is 0 Å². The number of carbonyl (C=O) groups excluding carboxylic acids is 2. The fourth-order valence-corrected chi connectivity index (χ4v) is 1.94. The average molecular weight is 293 g/mol. The average Bonchev–Trinajstić information content (AvgIpc) is 2.43. The lowest BCUT2D eigenvalue weighted by molar-refractivity contribution is -0.155. The molecule has 0 N–H and O–H groups in total. The number of nitrogens with zero attached hydrogens (tertiary/aromatic N) is 1. The standard InChI is InChI=1S/C16H20FNO3/c1-16(15(20)21-4,14(19)8-9-18(2)3)11-12-6-5-7-13(17)10-12/h5-10H,11H2,1-4H3/b9-8+/t16-/m0/s1. The maximum atomic E-state index is 13.3. The first kappa shape index (κ1) is 16.9. The van der Waals surface area contributed by atoms with E-state index in [2.05, 4.69) is 0 Å². The molecule has 0 spiro atoms. The van der Waals surface area contributed by atoms with Crippen molar-refractivity contribution in [1.29, 1.82) is 0 Å². The normalized spacial score (nSPS) is 13.8. The van der Waals surface area contributed by atoms with Crippen molar-refractivity contribution in [3.8, 4) is 0 Å². The second-order valence-corrected chi connectivity index (χ2v) is 5.27. The third-order valence-electron chi connectivity index (χ3n) is 3.15. The summed E-state index contributed by atoms with van der Waals surface area (Å²) in [7, 11) is 4.77. The van der Waals surface area contributed by atoms with Gasteiger partial charge in [0, 0.05) is 20.3 Å². The van der Waals surface area contributed by atoms with Crippen molar-refractivity contribution in [2.45, 2.75) is 13.3 Å². The summed E-state index contributed by atoms with van der Waals surface area (Å²) >= 11 is 0. The molecule has 1 aromatic carbocycles. The predicted octanol–water partition coefficient (Wildman–Crippen LogP) is 2.19. The number of hydrogen-bond acceptors (Lipinski definition) is 4. The van der Waals surface area contributed by atoms with E-state index in [1.54, 1.807) is 37.3 Å². The van der Waals surface area contributed by atoms with Crippen molar-refractivity contribution < 1.29 is 18.7 Å². The zero-order chi connectivity index (χ0) is 16.0. The molecule has 114 valence electrons. The maximum Gasteiger partial charge on any atom is 0.319 e. The van der Waals surface area contributed by atoms with Crippen LogP contribution < -0.4 is 0 Å². The van der Waals surface area contributed by atoms with Crippen LogP contribution in [0.3, 0.4) is 0 Å². The van der Waals surface area contributed by atoms with Gasteiger partial charge < -0.3 is 9.64 Å². The molecule has 21 heavy (non-hydrogen) atoms. The largest absolute Gasteiger partial charge is 0.468 e. The molecule has 0 aromatic heterocycles. The molecule has 4 nitrogen and oxygen atoms in total. The van der Waals surface area contributed by atoms with Gasteiger partial charge in [-0.05, 0) is 37.1 Å². The minimum atomic E-state index is -1.38. The summed E-state index contributed by atoms with van der Waals surface area (Å²) in [5, 5.41) is 0. The summed E-state index contributed by atoms with van der Waals surface area (Å²) in [6.07, 6.45) is 2.97. The fourth-order valence-electron chi connectivity index (χ4n) is 1.94. The summed E-state index contributed by atoms with van der Waals surface area (Å²) in [5.74, 6) is -1.43. The lowest BCUT2D eigenvalue weighted by atomic mass is 9.79. The molecule has 0 radical (unpaired) electrons. The molecule has 0 saturated carbocycles. The number of methoxy groups -OCH3 is 1. The second-order valence-electron chi connectivity index (χ2n) is 5.27. The Hall–Kier alpha value is -2.17. The van der Waals surface area contributed by atoms with Crippen LogP contribution in [0.4, 0.5) is 4.39 Å². The minimum absolute atomic E-state index is 0.0774. The molecule has 0 saturated heterocycles. The van der Waals surface area contributed by atoms with E-state index in [-0.39, 0.29) is 12.2 Å². The molecule has 5 heteroatoms. The third-order valence-corrected chi connectivity index (χ3v) is 3.15. The Morgan fingerprint density at radius 3 is 2.57 bits per heavy atom. The highest BCUT2D eigenvalue weighted by Gasteiger charge is 2.40. The molecular weight excluding hydrogens is 273 g/mol. The van der Waals surface area contributed by atoms with Gasteiger partial charge in [0.1, 0.15) is 11.2 Å². The summed E-state index contributed by atoms with van der Waals surface area (Å²) in [6, 6.07) is 5.84. The monoisotopic (exact) mass is 293 g/mol. The number of hydrogen-bond donors (Lipinski definition) is 0. The van der Waals surface area contributed by atoms with E-state index in [4.69, 9.17) is 4.74 Å². The van der Waals surface area contributed by atoms with Gasteiger partial charge in [-0.25, -0.2) is 4.39 Å². The van der Waals surface area contributed by atoms with E-state index >= 15 is 0 Å². The number of ether oxygens (including phenoxy) is 1. The fraction of sp³-hybridized carbons (Fsp3) is 0.375. The molecule has 0 fully saturated rings. The number of carbonyl (C=O) groups is 2. The van der Waals surface area contributed by atoms with Crippen LogP contribution in [0.5, 0.6) is 0 Å². The van der Waals surface area contributed by atoms with Crippen LogP contribution in [-0.2, 0) is 20.7 Å². The molecule has 0 aliphatic heterocycles. The molecule has 0 aliphatic rings. The number of rotatable bonds is 6. The molecule has 0 aliphatic carbocycles. The predicted molar refractivity (Wildman–Crippen MR) is 78.1 cm³/mol. The zero-order valence-corrected chi connectivity index (χ0v) is 12.7. The minimum Gasteiger partial charge on any atom is -0.468 e. The Morgan fingerprint density at radius 1 is 1.38 bits per heavy atom. The van der Waals surface area contributed by atoms with Gasteiger partial charge in [0.2, 0.25) is 0 Å². The topological polar surface area (TPSA) is 46.6 Å². The van der Waals surface area contributed by atoms with E-state index in [0.717, 1.165) is 0 Å². The van der Waals surface area contributed by atoms with Crippen molar-refractivity contribution in [2.24, 2.45) is 5.41 Å². The molecule has 1 rings (SSSR count).